The zero-order chi connectivity index (χ0) is 21.8. The number of carbonyl (C=O) groups excluding carboxylic acids is 2. The number of ketones is 1. The molecular weight excluding hydrogens is 396 g/mol. The molecule has 0 amide bonds. The minimum atomic E-state index is -2.17. The van der Waals surface area contributed by atoms with E-state index in [9.17, 15) is 14.7 Å². The lowest BCUT2D eigenvalue weighted by molar-refractivity contribution is -0.223. The van der Waals surface area contributed by atoms with Crippen molar-refractivity contribution in [3.05, 3.63) is 77.1 Å². The number of Topliss-reactive ketones (excluding diaryl/α,β-unsaturated/α-hetero) is 1. The Balaban J connectivity index is 1.58. The van der Waals surface area contributed by atoms with Crippen LogP contribution in [0.3, 0.4) is 0 Å². The molecule has 0 spiro atoms. The van der Waals surface area contributed by atoms with E-state index in [1.54, 1.807) is 6.92 Å². The summed E-state index contributed by atoms with van der Waals surface area (Å²) in [5.41, 5.74) is 2.80. The van der Waals surface area contributed by atoms with Crippen molar-refractivity contribution >= 4 is 11.8 Å². The third-order valence-electron chi connectivity index (χ3n) is 5.69. The molecule has 0 saturated carbocycles. The minimum absolute atomic E-state index is 0.00215. The van der Waals surface area contributed by atoms with Crippen LogP contribution in [0.2, 0.25) is 0 Å². The van der Waals surface area contributed by atoms with Crippen LogP contribution in [-0.2, 0) is 25.7 Å². The molecule has 1 N–H and O–H groups in total. The molecule has 4 rings (SSSR count). The number of carbonyl (C=O) groups is 2. The van der Waals surface area contributed by atoms with Crippen molar-refractivity contribution in [2.75, 3.05) is 6.61 Å². The van der Waals surface area contributed by atoms with E-state index >= 15 is 0 Å². The maximum atomic E-state index is 12.5. The molecule has 1 aliphatic carbocycles. The van der Waals surface area contributed by atoms with Crippen LogP contribution in [0.15, 0.2) is 65.9 Å². The molecule has 0 aromatic heterocycles. The van der Waals surface area contributed by atoms with Crippen LogP contribution in [0.25, 0.3) is 0 Å². The Hall–Kier alpha value is -3.12. The van der Waals surface area contributed by atoms with Gasteiger partial charge < -0.3 is 19.3 Å². The van der Waals surface area contributed by atoms with Gasteiger partial charge in [-0.25, -0.2) is 4.79 Å². The number of allylic oxidation sites excluding steroid dienone is 2. The number of rotatable bonds is 6. The molecule has 0 unspecified atom stereocenters. The van der Waals surface area contributed by atoms with Crippen molar-refractivity contribution in [1.82, 2.24) is 0 Å². The lowest BCUT2D eigenvalue weighted by atomic mass is 9.77. The first-order chi connectivity index (χ1) is 15.0. The van der Waals surface area contributed by atoms with Gasteiger partial charge in [-0.15, -0.1) is 0 Å². The normalized spacial score (nSPS) is 23.0. The van der Waals surface area contributed by atoms with Crippen LogP contribution in [0, 0.1) is 0 Å². The Bertz CT molecular complexity index is 979. The van der Waals surface area contributed by atoms with Crippen molar-refractivity contribution in [3.63, 3.8) is 0 Å². The third-order valence-corrected chi connectivity index (χ3v) is 5.69. The van der Waals surface area contributed by atoms with Crippen molar-refractivity contribution < 1.29 is 28.9 Å². The van der Waals surface area contributed by atoms with Gasteiger partial charge >= 0.3 is 11.8 Å². The molecule has 31 heavy (non-hydrogen) atoms. The first kappa shape index (κ1) is 21.1. The summed E-state index contributed by atoms with van der Waals surface area (Å²) >= 11 is 0. The second-order valence-corrected chi connectivity index (χ2v) is 7.84. The highest BCUT2D eigenvalue weighted by atomic mass is 16.7. The topological polar surface area (TPSA) is 82.1 Å². The van der Waals surface area contributed by atoms with Crippen LogP contribution in [0.1, 0.15) is 49.7 Å². The van der Waals surface area contributed by atoms with E-state index < -0.39 is 11.8 Å². The fourth-order valence-electron chi connectivity index (χ4n) is 4.14. The summed E-state index contributed by atoms with van der Waals surface area (Å²) in [7, 11) is 0. The zero-order valence-electron chi connectivity index (χ0n) is 17.5. The van der Waals surface area contributed by atoms with Crippen LogP contribution in [0.5, 0.6) is 5.75 Å². The van der Waals surface area contributed by atoms with Gasteiger partial charge in [-0.05, 0) is 48.6 Å². The average Bonchev–Trinajstić information content (AvgIpc) is 2.79. The quantitative estimate of drug-likeness (QED) is 0.708. The Kier molecular flexibility index (Phi) is 6.09. The summed E-state index contributed by atoms with van der Waals surface area (Å²) in [5.74, 6) is -2.71. The van der Waals surface area contributed by atoms with Crippen LogP contribution in [-0.4, -0.2) is 29.3 Å². The van der Waals surface area contributed by atoms with Crippen molar-refractivity contribution in [2.45, 2.75) is 50.9 Å². The number of hydrogen-bond donors (Lipinski definition) is 1. The summed E-state index contributed by atoms with van der Waals surface area (Å²) in [6, 6.07) is 17.4. The molecule has 162 valence electrons. The fraction of sp³-hybridized carbons (Fsp3) is 0.360. The van der Waals surface area contributed by atoms with E-state index in [2.05, 4.69) is 0 Å². The number of benzene rings is 2. The van der Waals surface area contributed by atoms with E-state index in [-0.39, 0.29) is 30.5 Å². The fourth-order valence-corrected chi connectivity index (χ4v) is 4.14. The first-order valence-corrected chi connectivity index (χ1v) is 10.6. The molecule has 6 heteroatoms. The SMILES string of the molecule is CCOC(=O)[C@@]1(O)C[C@@H](c2ccc(OCc3ccccc3)cc2)C2=C(O1)C(=O)CCC2. The van der Waals surface area contributed by atoms with Gasteiger partial charge in [0.2, 0.25) is 0 Å². The molecular formula is C25H26O6. The van der Waals surface area contributed by atoms with E-state index in [1.165, 1.54) is 0 Å². The van der Waals surface area contributed by atoms with E-state index in [0.29, 0.717) is 25.2 Å². The van der Waals surface area contributed by atoms with Crippen molar-refractivity contribution in [2.24, 2.45) is 0 Å². The highest BCUT2D eigenvalue weighted by molar-refractivity contribution is 5.96. The molecule has 6 nitrogen and oxygen atoms in total. The molecule has 0 radical (unpaired) electrons. The van der Waals surface area contributed by atoms with Gasteiger partial charge in [0, 0.05) is 18.8 Å². The molecule has 1 aliphatic heterocycles. The summed E-state index contributed by atoms with van der Waals surface area (Å²) in [6.45, 7) is 2.23. The minimum Gasteiger partial charge on any atom is -0.489 e. The maximum Gasteiger partial charge on any atom is 0.379 e. The van der Waals surface area contributed by atoms with Crippen molar-refractivity contribution in [3.8, 4) is 5.75 Å². The molecule has 1 heterocycles. The number of ether oxygens (including phenoxy) is 3. The highest BCUT2D eigenvalue weighted by Crippen LogP contribution is 2.46. The van der Waals surface area contributed by atoms with Gasteiger partial charge in [0.05, 0.1) is 6.61 Å². The number of hydrogen-bond acceptors (Lipinski definition) is 6. The summed E-state index contributed by atoms with van der Waals surface area (Å²) in [4.78, 5) is 24.9. The monoisotopic (exact) mass is 422 g/mol. The Morgan fingerprint density at radius 1 is 1.13 bits per heavy atom. The molecule has 2 aromatic rings. The first-order valence-electron chi connectivity index (χ1n) is 10.6. The lowest BCUT2D eigenvalue weighted by Gasteiger charge is -2.39. The van der Waals surface area contributed by atoms with E-state index in [0.717, 1.165) is 23.1 Å². The van der Waals surface area contributed by atoms with Crippen molar-refractivity contribution in [1.29, 1.82) is 0 Å². The van der Waals surface area contributed by atoms with Gasteiger partial charge in [0.25, 0.3) is 0 Å². The predicted molar refractivity (Wildman–Crippen MR) is 113 cm³/mol. The maximum absolute atomic E-state index is 12.5. The third kappa shape index (κ3) is 4.49. The predicted octanol–water partition coefficient (Wildman–Crippen LogP) is 4.03. The standard InChI is InChI=1S/C25H26O6/c1-2-29-24(27)25(28)15-21(20-9-6-10-22(26)23(20)31-25)18-11-13-19(14-12-18)30-16-17-7-4-3-5-8-17/h3-5,7-8,11-14,21,28H,2,6,9-10,15-16H2,1H3/t21-,25+/m0/s1. The van der Waals surface area contributed by atoms with Gasteiger partial charge in [-0.1, -0.05) is 42.5 Å². The van der Waals surface area contributed by atoms with Gasteiger partial charge in [-0.2, -0.15) is 0 Å². The molecule has 2 atom stereocenters. The smallest absolute Gasteiger partial charge is 0.379 e. The van der Waals surface area contributed by atoms with Crippen LogP contribution < -0.4 is 4.74 Å². The average molecular weight is 422 g/mol. The Morgan fingerprint density at radius 3 is 2.58 bits per heavy atom. The van der Waals surface area contributed by atoms with Gasteiger partial charge in [0.15, 0.2) is 11.5 Å². The largest absolute Gasteiger partial charge is 0.489 e. The Morgan fingerprint density at radius 2 is 1.87 bits per heavy atom. The Labute approximate surface area is 181 Å². The number of esters is 1. The summed E-state index contributed by atoms with van der Waals surface area (Å²) in [5, 5.41) is 10.9. The van der Waals surface area contributed by atoms with Gasteiger partial charge in [0.1, 0.15) is 12.4 Å². The molecule has 0 saturated heterocycles. The molecule has 0 bridgehead atoms. The second-order valence-electron chi connectivity index (χ2n) is 7.84. The van der Waals surface area contributed by atoms with Crippen LogP contribution in [0.4, 0.5) is 0 Å². The molecule has 2 aliphatic rings. The second kappa shape index (κ2) is 8.94. The highest BCUT2D eigenvalue weighted by Gasteiger charge is 2.50. The van der Waals surface area contributed by atoms with Gasteiger partial charge in [-0.3, -0.25) is 4.79 Å². The lowest BCUT2D eigenvalue weighted by Crippen LogP contribution is -2.48. The summed E-state index contributed by atoms with van der Waals surface area (Å²) < 4.78 is 16.4. The number of aliphatic hydroxyl groups is 1. The molecule has 0 fully saturated rings. The van der Waals surface area contributed by atoms with Crippen LogP contribution >= 0.6 is 0 Å². The van der Waals surface area contributed by atoms with E-state index in [1.807, 2.05) is 54.6 Å². The molecule has 2 aromatic carbocycles. The van der Waals surface area contributed by atoms with E-state index in [4.69, 9.17) is 14.2 Å². The zero-order valence-corrected chi connectivity index (χ0v) is 17.5. The summed E-state index contributed by atoms with van der Waals surface area (Å²) in [6.07, 6.45) is 1.77.